The topological polar surface area (TPSA) is 30.0 Å². The molecular formula is C22H19BrFNO. The predicted octanol–water partition coefficient (Wildman–Crippen LogP) is 5.52. The van der Waals surface area contributed by atoms with Gasteiger partial charge in [-0.1, -0.05) is 34.1 Å². The molecule has 1 heterocycles. The Bertz CT molecular complexity index is 939. The van der Waals surface area contributed by atoms with Crippen LogP contribution in [0.1, 0.15) is 34.4 Å². The minimum Gasteiger partial charge on any atom is -0.303 e. The zero-order valence-corrected chi connectivity index (χ0v) is 16.3. The molecular weight excluding hydrogens is 393 g/mol. The number of nitrogens with zero attached hydrogens (tertiary/aromatic N) is 1. The third-order valence-electron chi connectivity index (χ3n) is 4.76. The number of carbonyl (C=O) groups is 1. The van der Waals surface area contributed by atoms with Crippen LogP contribution in [0.3, 0.4) is 0 Å². The van der Waals surface area contributed by atoms with Crippen molar-refractivity contribution >= 4 is 22.2 Å². The third-order valence-corrected chi connectivity index (χ3v) is 5.29. The van der Waals surface area contributed by atoms with Crippen molar-refractivity contribution in [2.75, 3.05) is 0 Å². The number of aryl methyl sites for hydroxylation is 2. The Kier molecular flexibility index (Phi) is 5.33. The van der Waals surface area contributed by atoms with Gasteiger partial charge in [0.2, 0.25) is 0 Å². The summed E-state index contributed by atoms with van der Waals surface area (Å²) < 4.78 is 14.7. The number of rotatable bonds is 5. The standard InChI is InChI=1S/C22H19BrFNO/c1-15-13-20(24)7-8-21(15)22(10-12-26,17-3-5-19(23)6-4-17)18-9-11-25-16(2)14-18/h3-9,11-14H,10H2,1-2H3. The van der Waals surface area contributed by atoms with Gasteiger partial charge in [-0.05, 0) is 72.5 Å². The van der Waals surface area contributed by atoms with Crippen LogP contribution in [0, 0.1) is 19.7 Å². The van der Waals surface area contributed by atoms with Gasteiger partial charge in [-0.15, -0.1) is 0 Å². The second-order valence-corrected chi connectivity index (χ2v) is 7.34. The highest BCUT2D eigenvalue weighted by Gasteiger charge is 2.37. The van der Waals surface area contributed by atoms with Crippen LogP contribution < -0.4 is 0 Å². The number of benzene rings is 2. The molecule has 3 aromatic rings. The molecule has 0 fully saturated rings. The Morgan fingerprint density at radius 1 is 1.04 bits per heavy atom. The summed E-state index contributed by atoms with van der Waals surface area (Å²) in [7, 11) is 0. The Labute approximate surface area is 161 Å². The first-order valence-corrected chi connectivity index (χ1v) is 9.16. The molecule has 0 amide bonds. The van der Waals surface area contributed by atoms with E-state index >= 15 is 0 Å². The van der Waals surface area contributed by atoms with Crippen molar-refractivity contribution in [3.8, 4) is 0 Å². The molecule has 0 aliphatic heterocycles. The van der Waals surface area contributed by atoms with Gasteiger partial charge in [0.1, 0.15) is 12.1 Å². The molecule has 3 rings (SSSR count). The van der Waals surface area contributed by atoms with Crippen LogP contribution >= 0.6 is 15.9 Å². The predicted molar refractivity (Wildman–Crippen MR) is 105 cm³/mol. The molecule has 0 saturated heterocycles. The fraction of sp³-hybridized carbons (Fsp3) is 0.182. The number of carbonyl (C=O) groups excluding carboxylic acids is 1. The highest BCUT2D eigenvalue weighted by molar-refractivity contribution is 9.10. The summed E-state index contributed by atoms with van der Waals surface area (Å²) in [5.74, 6) is -0.284. The van der Waals surface area contributed by atoms with E-state index in [9.17, 15) is 9.18 Å². The maximum atomic E-state index is 13.8. The van der Waals surface area contributed by atoms with Gasteiger partial charge < -0.3 is 4.79 Å². The molecule has 1 aromatic heterocycles. The van der Waals surface area contributed by atoms with Crippen LogP contribution in [0.25, 0.3) is 0 Å². The van der Waals surface area contributed by atoms with E-state index < -0.39 is 5.41 Å². The van der Waals surface area contributed by atoms with Gasteiger partial charge in [0.25, 0.3) is 0 Å². The lowest BCUT2D eigenvalue weighted by atomic mass is 9.66. The Morgan fingerprint density at radius 2 is 1.77 bits per heavy atom. The number of aromatic nitrogens is 1. The molecule has 2 nitrogen and oxygen atoms in total. The van der Waals surface area contributed by atoms with Gasteiger partial charge in [0.05, 0.1) is 5.41 Å². The van der Waals surface area contributed by atoms with Crippen LogP contribution in [-0.2, 0) is 10.2 Å². The van der Waals surface area contributed by atoms with E-state index in [1.165, 1.54) is 12.1 Å². The van der Waals surface area contributed by atoms with E-state index in [1.807, 2.05) is 50.2 Å². The second-order valence-electron chi connectivity index (χ2n) is 6.43. The summed E-state index contributed by atoms with van der Waals surface area (Å²) in [5, 5.41) is 0. The minimum atomic E-state index is -0.700. The highest BCUT2D eigenvalue weighted by Crippen LogP contribution is 2.43. The van der Waals surface area contributed by atoms with E-state index in [1.54, 1.807) is 12.3 Å². The first-order chi connectivity index (χ1) is 12.5. The maximum Gasteiger partial charge on any atom is 0.123 e. The fourth-order valence-electron chi connectivity index (χ4n) is 3.60. The van der Waals surface area contributed by atoms with Crippen LogP contribution in [-0.4, -0.2) is 11.3 Å². The Morgan fingerprint density at radius 3 is 2.38 bits per heavy atom. The van der Waals surface area contributed by atoms with Gasteiger partial charge in [-0.2, -0.15) is 0 Å². The average Bonchev–Trinajstić information content (AvgIpc) is 2.61. The number of hydrogen-bond acceptors (Lipinski definition) is 2. The normalized spacial score (nSPS) is 13.2. The molecule has 0 saturated carbocycles. The molecule has 1 atom stereocenters. The Balaban J connectivity index is 2.38. The van der Waals surface area contributed by atoms with Crippen molar-refractivity contribution in [1.82, 2.24) is 4.98 Å². The first kappa shape index (κ1) is 18.5. The summed E-state index contributed by atoms with van der Waals surface area (Å²) in [5.41, 5.74) is 3.84. The van der Waals surface area contributed by atoms with E-state index in [4.69, 9.17) is 0 Å². The van der Waals surface area contributed by atoms with Gasteiger partial charge in [0, 0.05) is 22.8 Å². The molecule has 26 heavy (non-hydrogen) atoms. The van der Waals surface area contributed by atoms with Crippen molar-refractivity contribution < 1.29 is 9.18 Å². The quantitative estimate of drug-likeness (QED) is 0.517. The Hall–Kier alpha value is -2.33. The van der Waals surface area contributed by atoms with Crippen molar-refractivity contribution in [2.24, 2.45) is 0 Å². The summed E-state index contributed by atoms with van der Waals surface area (Å²) in [4.78, 5) is 16.1. The highest BCUT2D eigenvalue weighted by atomic mass is 79.9. The van der Waals surface area contributed by atoms with E-state index in [0.29, 0.717) is 0 Å². The van der Waals surface area contributed by atoms with Gasteiger partial charge in [0.15, 0.2) is 0 Å². The average molecular weight is 412 g/mol. The molecule has 0 bridgehead atoms. The van der Waals surface area contributed by atoms with Crippen LogP contribution in [0.15, 0.2) is 65.3 Å². The maximum absolute atomic E-state index is 13.8. The number of hydrogen-bond donors (Lipinski definition) is 0. The van der Waals surface area contributed by atoms with Crippen molar-refractivity contribution in [1.29, 1.82) is 0 Å². The van der Waals surface area contributed by atoms with Crippen molar-refractivity contribution in [3.63, 3.8) is 0 Å². The molecule has 0 aliphatic rings. The monoisotopic (exact) mass is 411 g/mol. The van der Waals surface area contributed by atoms with E-state index in [2.05, 4.69) is 20.9 Å². The third kappa shape index (κ3) is 3.34. The van der Waals surface area contributed by atoms with Crippen molar-refractivity contribution in [2.45, 2.75) is 25.7 Å². The molecule has 132 valence electrons. The summed E-state index contributed by atoms with van der Waals surface area (Å²) in [6.45, 7) is 3.80. The molecule has 0 radical (unpaired) electrons. The van der Waals surface area contributed by atoms with Gasteiger partial charge in [-0.3, -0.25) is 4.98 Å². The second kappa shape index (κ2) is 7.50. The lowest BCUT2D eigenvalue weighted by Gasteiger charge is -2.36. The summed E-state index contributed by atoms with van der Waals surface area (Å²) in [6, 6.07) is 16.6. The van der Waals surface area contributed by atoms with Crippen LogP contribution in [0.5, 0.6) is 0 Å². The zero-order valence-electron chi connectivity index (χ0n) is 14.7. The molecule has 0 spiro atoms. The van der Waals surface area contributed by atoms with Crippen LogP contribution in [0.4, 0.5) is 4.39 Å². The lowest BCUT2D eigenvalue weighted by Crippen LogP contribution is -2.31. The van der Waals surface area contributed by atoms with E-state index in [-0.39, 0.29) is 12.2 Å². The smallest absolute Gasteiger partial charge is 0.123 e. The van der Waals surface area contributed by atoms with Crippen LogP contribution in [0.2, 0.25) is 0 Å². The summed E-state index contributed by atoms with van der Waals surface area (Å²) in [6.07, 6.45) is 2.94. The number of pyridine rings is 1. The largest absolute Gasteiger partial charge is 0.303 e. The minimum absolute atomic E-state index is 0.255. The molecule has 1 unspecified atom stereocenters. The van der Waals surface area contributed by atoms with Crippen molar-refractivity contribution in [3.05, 3.63) is 99.0 Å². The number of halogens is 2. The molecule has 4 heteroatoms. The summed E-state index contributed by atoms with van der Waals surface area (Å²) >= 11 is 3.47. The molecule has 0 aliphatic carbocycles. The SMILES string of the molecule is Cc1cc(C(CC=O)(c2ccc(Br)cc2)c2ccc(F)cc2C)ccn1. The molecule has 2 aromatic carbocycles. The van der Waals surface area contributed by atoms with Gasteiger partial charge >= 0.3 is 0 Å². The molecule has 0 N–H and O–H groups in total. The van der Waals surface area contributed by atoms with E-state index in [0.717, 1.165) is 38.7 Å². The first-order valence-electron chi connectivity index (χ1n) is 8.37. The number of aldehydes is 1. The zero-order chi connectivity index (χ0) is 18.7. The fourth-order valence-corrected chi connectivity index (χ4v) is 3.86. The van der Waals surface area contributed by atoms with Gasteiger partial charge in [-0.25, -0.2) is 4.39 Å². The lowest BCUT2D eigenvalue weighted by molar-refractivity contribution is -0.108.